The minimum Gasteiger partial charge on any atom is -0.384 e. The van der Waals surface area contributed by atoms with E-state index < -0.39 is 0 Å². The molecule has 0 bridgehead atoms. The predicted molar refractivity (Wildman–Crippen MR) is 59.9 cm³/mol. The second-order valence-corrected chi connectivity index (χ2v) is 5.20. The summed E-state index contributed by atoms with van der Waals surface area (Å²) >= 11 is 7.84. The molecule has 0 unspecified atom stereocenters. The van der Waals surface area contributed by atoms with Crippen molar-refractivity contribution in [3.05, 3.63) is 23.2 Å². The molecule has 3 heteroatoms. The molecule has 13 heavy (non-hydrogen) atoms. The Morgan fingerprint density at radius 3 is 3.23 bits per heavy atom. The van der Waals surface area contributed by atoms with E-state index in [0.717, 1.165) is 11.6 Å². The van der Waals surface area contributed by atoms with E-state index in [4.69, 9.17) is 11.6 Å². The third kappa shape index (κ3) is 2.12. The van der Waals surface area contributed by atoms with Gasteiger partial charge in [0.1, 0.15) is 0 Å². The van der Waals surface area contributed by atoms with Gasteiger partial charge < -0.3 is 5.32 Å². The van der Waals surface area contributed by atoms with E-state index in [1.54, 1.807) is 0 Å². The van der Waals surface area contributed by atoms with Crippen LogP contribution in [0.3, 0.4) is 0 Å². The van der Waals surface area contributed by atoms with Gasteiger partial charge in [-0.25, -0.2) is 0 Å². The van der Waals surface area contributed by atoms with E-state index in [1.807, 2.05) is 23.9 Å². The summed E-state index contributed by atoms with van der Waals surface area (Å²) in [6.07, 6.45) is 1.21. The van der Waals surface area contributed by atoms with Crippen molar-refractivity contribution < 1.29 is 0 Å². The normalized spacial score (nSPS) is 21.5. The number of rotatable bonds is 0. The molecule has 0 saturated carbocycles. The lowest BCUT2D eigenvalue weighted by molar-refractivity contribution is 0.860. The first-order valence-electron chi connectivity index (χ1n) is 4.46. The zero-order valence-electron chi connectivity index (χ0n) is 7.51. The number of halogens is 1. The highest BCUT2D eigenvalue weighted by Gasteiger charge is 2.12. The molecule has 0 aliphatic carbocycles. The second-order valence-electron chi connectivity index (χ2n) is 3.28. The molecule has 1 aliphatic heterocycles. The number of nitrogens with one attached hydrogen (secondary N) is 1. The van der Waals surface area contributed by atoms with Crippen molar-refractivity contribution in [3.8, 4) is 0 Å². The molecule has 0 amide bonds. The fourth-order valence-electron chi connectivity index (χ4n) is 1.43. The van der Waals surface area contributed by atoms with Crippen LogP contribution in [-0.4, -0.2) is 11.8 Å². The SMILES string of the molecule is C[C@H]1CCNc2cc(Cl)ccc2S1. The molecule has 70 valence electrons. The molecule has 1 aliphatic rings. The summed E-state index contributed by atoms with van der Waals surface area (Å²) in [7, 11) is 0. The lowest BCUT2D eigenvalue weighted by Crippen LogP contribution is -2.03. The van der Waals surface area contributed by atoms with Gasteiger partial charge in [0.05, 0.1) is 0 Å². The summed E-state index contributed by atoms with van der Waals surface area (Å²) in [5.74, 6) is 0. The number of hydrogen-bond acceptors (Lipinski definition) is 2. The average molecular weight is 214 g/mol. The monoisotopic (exact) mass is 213 g/mol. The average Bonchev–Trinajstić information content (AvgIpc) is 2.25. The smallest absolute Gasteiger partial charge is 0.0493 e. The molecule has 1 nitrogen and oxygen atoms in total. The standard InChI is InChI=1S/C10H12ClNS/c1-7-4-5-12-9-6-8(11)2-3-10(9)13-7/h2-3,6-7,12H,4-5H2,1H3/t7-/m0/s1. The maximum Gasteiger partial charge on any atom is 0.0493 e. The van der Waals surface area contributed by atoms with Crippen LogP contribution in [0, 0.1) is 0 Å². The topological polar surface area (TPSA) is 12.0 Å². The van der Waals surface area contributed by atoms with Gasteiger partial charge in [-0.1, -0.05) is 18.5 Å². The summed E-state index contributed by atoms with van der Waals surface area (Å²) < 4.78 is 0. The van der Waals surface area contributed by atoms with Crippen LogP contribution in [0.2, 0.25) is 5.02 Å². The Kier molecular flexibility index (Phi) is 2.70. The van der Waals surface area contributed by atoms with Crippen LogP contribution in [0.5, 0.6) is 0 Å². The zero-order valence-corrected chi connectivity index (χ0v) is 9.08. The van der Waals surface area contributed by atoms with Gasteiger partial charge >= 0.3 is 0 Å². The quantitative estimate of drug-likeness (QED) is 0.706. The van der Waals surface area contributed by atoms with Crippen LogP contribution in [0.1, 0.15) is 13.3 Å². The van der Waals surface area contributed by atoms with E-state index in [0.29, 0.717) is 5.25 Å². The first-order valence-corrected chi connectivity index (χ1v) is 5.71. The Labute approximate surface area is 87.9 Å². The van der Waals surface area contributed by atoms with Crippen molar-refractivity contribution in [2.75, 3.05) is 11.9 Å². The van der Waals surface area contributed by atoms with Gasteiger partial charge in [0.2, 0.25) is 0 Å². The summed E-state index contributed by atoms with van der Waals surface area (Å²) in [4.78, 5) is 1.31. The van der Waals surface area contributed by atoms with Crippen molar-refractivity contribution in [3.63, 3.8) is 0 Å². The van der Waals surface area contributed by atoms with Gasteiger partial charge in [-0.3, -0.25) is 0 Å². The van der Waals surface area contributed by atoms with Crippen molar-refractivity contribution in [1.82, 2.24) is 0 Å². The van der Waals surface area contributed by atoms with Gasteiger partial charge in [0, 0.05) is 27.4 Å². The van der Waals surface area contributed by atoms with E-state index in [1.165, 1.54) is 17.0 Å². The molecule has 1 atom stereocenters. The molecule has 0 fully saturated rings. The molecule has 0 aromatic heterocycles. The first kappa shape index (κ1) is 9.22. The van der Waals surface area contributed by atoms with Gasteiger partial charge in [0.25, 0.3) is 0 Å². The van der Waals surface area contributed by atoms with Crippen LogP contribution in [-0.2, 0) is 0 Å². The molecule has 0 saturated heterocycles. The molecular formula is C10H12ClNS. The van der Waals surface area contributed by atoms with Gasteiger partial charge in [-0.2, -0.15) is 0 Å². The van der Waals surface area contributed by atoms with Crippen molar-refractivity contribution >= 4 is 29.1 Å². The molecule has 1 heterocycles. The van der Waals surface area contributed by atoms with Crippen LogP contribution >= 0.6 is 23.4 Å². The van der Waals surface area contributed by atoms with Crippen molar-refractivity contribution in [2.24, 2.45) is 0 Å². The molecule has 1 aromatic carbocycles. The third-order valence-corrected chi connectivity index (χ3v) is 3.62. The fourth-order valence-corrected chi connectivity index (χ4v) is 2.67. The predicted octanol–water partition coefficient (Wildman–Crippen LogP) is 3.64. The number of hydrogen-bond donors (Lipinski definition) is 1. The van der Waals surface area contributed by atoms with E-state index in [-0.39, 0.29) is 0 Å². The fraction of sp³-hybridized carbons (Fsp3) is 0.400. The van der Waals surface area contributed by atoms with Crippen LogP contribution < -0.4 is 5.32 Å². The number of thioether (sulfide) groups is 1. The van der Waals surface area contributed by atoms with Gasteiger partial charge in [0.15, 0.2) is 0 Å². The molecule has 0 radical (unpaired) electrons. The van der Waals surface area contributed by atoms with Crippen LogP contribution in [0.15, 0.2) is 23.1 Å². The van der Waals surface area contributed by atoms with E-state index in [2.05, 4.69) is 18.3 Å². The Morgan fingerprint density at radius 1 is 1.54 bits per heavy atom. The van der Waals surface area contributed by atoms with Gasteiger partial charge in [-0.15, -0.1) is 11.8 Å². The lowest BCUT2D eigenvalue weighted by atomic mass is 10.3. The highest BCUT2D eigenvalue weighted by molar-refractivity contribution is 8.00. The molecule has 1 N–H and O–H groups in total. The minimum absolute atomic E-state index is 0.690. The van der Waals surface area contributed by atoms with Gasteiger partial charge in [-0.05, 0) is 24.6 Å². The third-order valence-electron chi connectivity index (χ3n) is 2.14. The molecular weight excluding hydrogens is 202 g/mol. The maximum absolute atomic E-state index is 5.92. The Hall–Kier alpha value is -0.340. The van der Waals surface area contributed by atoms with Crippen molar-refractivity contribution in [1.29, 1.82) is 0 Å². The molecule has 0 spiro atoms. The highest BCUT2D eigenvalue weighted by atomic mass is 35.5. The summed E-state index contributed by atoms with van der Waals surface area (Å²) in [5.41, 5.74) is 1.18. The zero-order chi connectivity index (χ0) is 9.26. The molecule has 2 rings (SSSR count). The Bertz CT molecular complexity index is 314. The van der Waals surface area contributed by atoms with E-state index in [9.17, 15) is 0 Å². The summed E-state index contributed by atoms with van der Waals surface area (Å²) in [6.45, 7) is 3.30. The van der Waals surface area contributed by atoms with Crippen molar-refractivity contribution in [2.45, 2.75) is 23.5 Å². The van der Waals surface area contributed by atoms with E-state index >= 15 is 0 Å². The molecule has 1 aromatic rings. The number of anilines is 1. The second kappa shape index (κ2) is 3.81. The first-order chi connectivity index (χ1) is 6.25. The van der Waals surface area contributed by atoms with Crippen LogP contribution in [0.4, 0.5) is 5.69 Å². The highest BCUT2D eigenvalue weighted by Crippen LogP contribution is 2.35. The lowest BCUT2D eigenvalue weighted by Gasteiger charge is -2.07. The largest absolute Gasteiger partial charge is 0.384 e. The summed E-state index contributed by atoms with van der Waals surface area (Å²) in [6, 6.07) is 6.05. The minimum atomic E-state index is 0.690. The van der Waals surface area contributed by atoms with Crippen LogP contribution in [0.25, 0.3) is 0 Å². The number of benzene rings is 1. The Morgan fingerprint density at radius 2 is 2.38 bits per heavy atom. The maximum atomic E-state index is 5.92. The Balaban J connectivity index is 2.34. The summed E-state index contributed by atoms with van der Waals surface area (Å²) in [5, 5.41) is 4.89. The number of fused-ring (bicyclic) bond motifs is 1.